The second-order valence-corrected chi connectivity index (χ2v) is 9.67. The first-order chi connectivity index (χ1) is 14.5. The summed E-state index contributed by atoms with van der Waals surface area (Å²) in [5.41, 5.74) is 0.503. The topological polar surface area (TPSA) is 74.2 Å². The molecule has 1 unspecified atom stereocenters. The van der Waals surface area contributed by atoms with Crippen LogP contribution in [0.25, 0.3) is 6.08 Å². The van der Waals surface area contributed by atoms with Crippen molar-refractivity contribution in [3.05, 3.63) is 35.9 Å². The molecular formula is C23H38O6Si. The van der Waals surface area contributed by atoms with Gasteiger partial charge in [0.1, 0.15) is 5.75 Å². The summed E-state index contributed by atoms with van der Waals surface area (Å²) in [5, 5.41) is 8.78. The van der Waals surface area contributed by atoms with Crippen LogP contribution in [-0.4, -0.2) is 45.4 Å². The number of aliphatic carboxylic acids is 1. The Labute approximate surface area is 182 Å². The van der Waals surface area contributed by atoms with Crippen molar-refractivity contribution in [2.45, 2.75) is 71.9 Å². The first-order valence-corrected chi connectivity index (χ1v) is 12.9. The lowest BCUT2D eigenvalue weighted by Gasteiger charge is -2.35. The largest absolute Gasteiger partial charge is 0.543 e. The van der Waals surface area contributed by atoms with Crippen LogP contribution < -0.4 is 4.74 Å². The van der Waals surface area contributed by atoms with E-state index in [2.05, 4.69) is 6.92 Å². The number of unbranched alkanes of at least 4 members (excludes halogenated alkanes) is 4. The molecule has 0 aromatic heterocycles. The lowest BCUT2D eigenvalue weighted by Crippen LogP contribution is -2.59. The molecule has 6 nitrogen and oxygen atoms in total. The third-order valence-electron chi connectivity index (χ3n) is 4.58. The number of hydrogen-bond donors (Lipinski definition) is 1. The third kappa shape index (κ3) is 9.43. The summed E-state index contributed by atoms with van der Waals surface area (Å²) in [6.45, 7) is 9.55. The summed E-state index contributed by atoms with van der Waals surface area (Å²) < 4.78 is 24.7. The van der Waals surface area contributed by atoms with Crippen molar-refractivity contribution < 1.29 is 27.9 Å². The normalized spacial score (nSPS) is 12.9. The van der Waals surface area contributed by atoms with Crippen LogP contribution in [0.1, 0.15) is 71.8 Å². The summed E-state index contributed by atoms with van der Waals surface area (Å²) in [5.74, 6) is -0.281. The van der Waals surface area contributed by atoms with Crippen molar-refractivity contribution in [3.8, 4) is 5.75 Å². The monoisotopic (exact) mass is 438 g/mol. The Morgan fingerprint density at radius 3 is 2.00 bits per heavy atom. The van der Waals surface area contributed by atoms with Crippen LogP contribution in [0.4, 0.5) is 0 Å². The number of carboxylic acids is 1. The van der Waals surface area contributed by atoms with Crippen molar-refractivity contribution in [1.82, 2.24) is 0 Å². The standard InChI is InChI=1S/C23H38O6Si/c1-5-9-10-11-12-13-23(30(26-6-2,27-7-3)28-8-4)29-21-17-14-20(15-18-21)16-19-22(24)25/h14-19,23H,5-13H2,1-4H3,(H,24,25)/b19-16+. The first-order valence-electron chi connectivity index (χ1n) is 11.1. The molecule has 0 bridgehead atoms. The minimum atomic E-state index is -3.03. The second kappa shape index (κ2) is 15.2. The van der Waals surface area contributed by atoms with Crippen LogP contribution in [0.15, 0.2) is 30.3 Å². The highest BCUT2D eigenvalue weighted by molar-refractivity contribution is 6.62. The zero-order chi connectivity index (χ0) is 22.2. The van der Waals surface area contributed by atoms with Crippen LogP contribution in [0.5, 0.6) is 5.75 Å². The van der Waals surface area contributed by atoms with Crippen molar-refractivity contribution in [1.29, 1.82) is 0 Å². The lowest BCUT2D eigenvalue weighted by molar-refractivity contribution is -0.131. The fraction of sp³-hybridized carbons (Fsp3) is 0.609. The molecule has 0 aliphatic carbocycles. The van der Waals surface area contributed by atoms with Crippen molar-refractivity contribution in [3.63, 3.8) is 0 Å². The van der Waals surface area contributed by atoms with E-state index in [1.807, 2.05) is 45.0 Å². The molecule has 0 radical (unpaired) electrons. The van der Waals surface area contributed by atoms with Gasteiger partial charge >= 0.3 is 14.8 Å². The summed E-state index contributed by atoms with van der Waals surface area (Å²) in [6.07, 6.45) is 9.29. The third-order valence-corrected chi connectivity index (χ3v) is 7.85. The van der Waals surface area contributed by atoms with E-state index in [-0.39, 0.29) is 5.73 Å². The van der Waals surface area contributed by atoms with Gasteiger partial charge in [-0.3, -0.25) is 0 Å². The quantitative estimate of drug-likeness (QED) is 0.197. The molecule has 1 N–H and O–H groups in total. The van der Waals surface area contributed by atoms with E-state index in [1.165, 1.54) is 19.3 Å². The predicted molar refractivity (Wildman–Crippen MR) is 122 cm³/mol. The second-order valence-electron chi connectivity index (χ2n) is 6.95. The van der Waals surface area contributed by atoms with E-state index in [1.54, 1.807) is 6.08 Å². The molecule has 0 spiro atoms. The predicted octanol–water partition coefficient (Wildman–Crippen LogP) is 5.48. The Morgan fingerprint density at radius 2 is 1.50 bits per heavy atom. The number of carbonyl (C=O) groups is 1. The molecule has 1 rings (SSSR count). The minimum Gasteiger partial charge on any atom is -0.486 e. The molecule has 0 saturated carbocycles. The van der Waals surface area contributed by atoms with Crippen LogP contribution >= 0.6 is 0 Å². The molecule has 30 heavy (non-hydrogen) atoms. The maximum atomic E-state index is 10.7. The average molecular weight is 439 g/mol. The summed E-state index contributed by atoms with van der Waals surface area (Å²) >= 11 is 0. The SMILES string of the molecule is CCCCCCCC(Oc1ccc(/C=C/C(=O)O)cc1)[Si](OCC)(OCC)OCC. The number of ether oxygens (including phenoxy) is 1. The first kappa shape index (κ1) is 26.4. The van der Waals surface area contributed by atoms with E-state index in [9.17, 15) is 4.79 Å². The molecule has 0 fully saturated rings. The molecule has 7 heteroatoms. The van der Waals surface area contributed by atoms with Crippen LogP contribution in [-0.2, 0) is 18.1 Å². The fourth-order valence-electron chi connectivity index (χ4n) is 3.24. The van der Waals surface area contributed by atoms with E-state index < -0.39 is 14.8 Å². The van der Waals surface area contributed by atoms with Gasteiger partial charge in [-0.05, 0) is 57.4 Å². The lowest BCUT2D eigenvalue weighted by atomic mass is 10.1. The Hall–Kier alpha value is -1.67. The molecule has 0 amide bonds. The van der Waals surface area contributed by atoms with Crippen molar-refractivity contribution >= 4 is 20.8 Å². The van der Waals surface area contributed by atoms with Gasteiger partial charge in [0.15, 0.2) is 5.73 Å². The zero-order valence-corrected chi connectivity index (χ0v) is 19.9. The van der Waals surface area contributed by atoms with Gasteiger partial charge in [0.2, 0.25) is 0 Å². The van der Waals surface area contributed by atoms with Crippen molar-refractivity contribution in [2.75, 3.05) is 19.8 Å². The zero-order valence-electron chi connectivity index (χ0n) is 18.9. The molecule has 0 aliphatic rings. The summed E-state index contributed by atoms with van der Waals surface area (Å²) in [4.78, 5) is 10.7. The molecular weight excluding hydrogens is 400 g/mol. The van der Waals surface area contributed by atoms with Crippen LogP contribution in [0, 0.1) is 0 Å². The number of rotatable bonds is 17. The highest BCUT2D eigenvalue weighted by atomic mass is 28.4. The molecule has 0 saturated heterocycles. The van der Waals surface area contributed by atoms with Gasteiger partial charge in [0.25, 0.3) is 0 Å². The Kier molecular flexibility index (Phi) is 13.3. The number of carboxylic acid groups (broad SMARTS) is 1. The average Bonchev–Trinajstić information content (AvgIpc) is 2.72. The van der Waals surface area contributed by atoms with E-state index in [4.69, 9.17) is 23.1 Å². The van der Waals surface area contributed by atoms with Crippen LogP contribution in [0.3, 0.4) is 0 Å². The number of benzene rings is 1. The van der Waals surface area contributed by atoms with Gasteiger partial charge in [-0.2, -0.15) is 0 Å². The molecule has 1 atom stereocenters. The van der Waals surface area contributed by atoms with Crippen molar-refractivity contribution in [2.24, 2.45) is 0 Å². The van der Waals surface area contributed by atoms with Gasteiger partial charge < -0.3 is 23.1 Å². The highest BCUT2D eigenvalue weighted by Crippen LogP contribution is 2.26. The summed E-state index contributed by atoms with van der Waals surface area (Å²) in [7, 11) is -3.03. The van der Waals surface area contributed by atoms with Gasteiger partial charge in [0.05, 0.1) is 0 Å². The molecule has 0 heterocycles. The van der Waals surface area contributed by atoms with E-state index >= 15 is 0 Å². The van der Waals surface area contributed by atoms with Gasteiger partial charge in [-0.1, -0.05) is 44.7 Å². The molecule has 170 valence electrons. The molecule has 1 aromatic carbocycles. The van der Waals surface area contributed by atoms with Gasteiger partial charge in [0, 0.05) is 25.9 Å². The Balaban J connectivity index is 3.01. The van der Waals surface area contributed by atoms with Gasteiger partial charge in [-0.15, -0.1) is 0 Å². The number of hydrogen-bond acceptors (Lipinski definition) is 5. The highest BCUT2D eigenvalue weighted by Gasteiger charge is 2.51. The smallest absolute Gasteiger partial charge is 0.486 e. The Morgan fingerprint density at radius 1 is 0.933 bits per heavy atom. The molecule has 0 aliphatic heterocycles. The minimum absolute atomic E-state index is 0.292. The summed E-state index contributed by atoms with van der Waals surface area (Å²) in [6, 6.07) is 7.35. The van der Waals surface area contributed by atoms with Crippen LogP contribution in [0.2, 0.25) is 0 Å². The molecule has 1 aromatic rings. The maximum Gasteiger partial charge on any atom is 0.543 e. The fourth-order valence-corrected chi connectivity index (χ4v) is 6.09. The Bertz CT molecular complexity index is 600. The maximum absolute atomic E-state index is 10.7. The van der Waals surface area contributed by atoms with E-state index in [0.717, 1.165) is 30.9 Å². The van der Waals surface area contributed by atoms with Gasteiger partial charge in [-0.25, -0.2) is 4.79 Å². The van der Waals surface area contributed by atoms with E-state index in [0.29, 0.717) is 25.6 Å².